The van der Waals surface area contributed by atoms with Crippen LogP contribution in [-0.4, -0.2) is 22.1 Å². The Kier molecular flexibility index (Phi) is 2.93. The molecule has 0 atom stereocenters. The molecule has 0 aliphatic heterocycles. The van der Waals surface area contributed by atoms with E-state index in [0.29, 0.717) is 0 Å². The summed E-state index contributed by atoms with van der Waals surface area (Å²) in [6, 6.07) is 16.1. The standard InChI is InChI=1S/C18H15N3O/c1-22-13-8-6-12(7-9-13)17-11-20-18(21-17)15-10-19-16-5-3-2-4-14(15)16/h2-11,19H,1H3,(H,20,21). The van der Waals surface area contributed by atoms with Crippen LogP contribution in [-0.2, 0) is 0 Å². The van der Waals surface area contributed by atoms with Crippen LogP contribution >= 0.6 is 0 Å². The molecular weight excluding hydrogens is 274 g/mol. The number of para-hydroxylation sites is 1. The van der Waals surface area contributed by atoms with Crippen LogP contribution in [0.4, 0.5) is 0 Å². The lowest BCUT2D eigenvalue weighted by molar-refractivity contribution is 0.415. The van der Waals surface area contributed by atoms with Gasteiger partial charge in [0.15, 0.2) is 0 Å². The molecule has 108 valence electrons. The van der Waals surface area contributed by atoms with Crippen LogP contribution in [0.1, 0.15) is 0 Å². The van der Waals surface area contributed by atoms with Crippen LogP contribution in [0.25, 0.3) is 33.5 Å². The van der Waals surface area contributed by atoms with Crippen LogP contribution in [0, 0.1) is 0 Å². The van der Waals surface area contributed by atoms with Gasteiger partial charge in [0.25, 0.3) is 0 Å². The highest BCUT2D eigenvalue weighted by Crippen LogP contribution is 2.28. The molecule has 4 aromatic rings. The molecular formula is C18H15N3O. The van der Waals surface area contributed by atoms with Crippen molar-refractivity contribution >= 4 is 10.9 Å². The zero-order chi connectivity index (χ0) is 14.9. The highest BCUT2D eigenvalue weighted by atomic mass is 16.5. The van der Waals surface area contributed by atoms with Crippen molar-refractivity contribution in [2.45, 2.75) is 0 Å². The second-order valence-electron chi connectivity index (χ2n) is 5.12. The van der Waals surface area contributed by atoms with Gasteiger partial charge >= 0.3 is 0 Å². The number of nitrogens with one attached hydrogen (secondary N) is 2. The number of rotatable bonds is 3. The van der Waals surface area contributed by atoms with Crippen molar-refractivity contribution in [1.29, 1.82) is 0 Å². The average Bonchev–Trinajstić information content (AvgIpc) is 3.21. The van der Waals surface area contributed by atoms with Gasteiger partial charge in [-0.1, -0.05) is 18.2 Å². The molecule has 22 heavy (non-hydrogen) atoms. The molecule has 0 spiro atoms. The zero-order valence-electron chi connectivity index (χ0n) is 12.1. The predicted octanol–water partition coefficient (Wildman–Crippen LogP) is 4.23. The summed E-state index contributed by atoms with van der Waals surface area (Å²) < 4.78 is 5.19. The molecule has 4 heteroatoms. The van der Waals surface area contributed by atoms with Gasteiger partial charge in [0, 0.05) is 22.7 Å². The Morgan fingerprint density at radius 1 is 1.00 bits per heavy atom. The number of aromatic nitrogens is 3. The van der Waals surface area contributed by atoms with E-state index in [-0.39, 0.29) is 0 Å². The molecule has 0 saturated heterocycles. The number of methoxy groups -OCH3 is 1. The lowest BCUT2D eigenvalue weighted by atomic mass is 10.1. The third-order valence-electron chi connectivity index (χ3n) is 3.82. The van der Waals surface area contributed by atoms with Crippen molar-refractivity contribution in [3.05, 3.63) is 60.9 Å². The lowest BCUT2D eigenvalue weighted by Crippen LogP contribution is -1.83. The van der Waals surface area contributed by atoms with Gasteiger partial charge < -0.3 is 14.7 Å². The molecule has 0 amide bonds. The number of imidazole rings is 1. The van der Waals surface area contributed by atoms with Crippen molar-refractivity contribution in [3.8, 4) is 28.4 Å². The molecule has 0 radical (unpaired) electrons. The number of benzene rings is 2. The molecule has 2 N–H and O–H groups in total. The van der Waals surface area contributed by atoms with Gasteiger partial charge in [0.05, 0.1) is 19.0 Å². The van der Waals surface area contributed by atoms with Crippen molar-refractivity contribution in [3.63, 3.8) is 0 Å². The van der Waals surface area contributed by atoms with Crippen LogP contribution in [0.15, 0.2) is 60.9 Å². The van der Waals surface area contributed by atoms with Crippen molar-refractivity contribution < 1.29 is 4.74 Å². The maximum atomic E-state index is 5.19. The van der Waals surface area contributed by atoms with Gasteiger partial charge in [-0.05, 0) is 35.9 Å². The fourth-order valence-electron chi connectivity index (χ4n) is 2.64. The Bertz CT molecular complexity index is 919. The summed E-state index contributed by atoms with van der Waals surface area (Å²) >= 11 is 0. The van der Waals surface area contributed by atoms with E-state index < -0.39 is 0 Å². The molecule has 0 fully saturated rings. The smallest absolute Gasteiger partial charge is 0.139 e. The molecule has 0 aliphatic carbocycles. The summed E-state index contributed by atoms with van der Waals surface area (Å²) in [5.74, 6) is 1.71. The molecule has 4 nitrogen and oxygen atoms in total. The molecule has 0 bridgehead atoms. The fraction of sp³-hybridized carbons (Fsp3) is 0.0556. The molecule has 0 saturated carbocycles. The van der Waals surface area contributed by atoms with Crippen LogP contribution in [0.5, 0.6) is 5.75 Å². The Balaban J connectivity index is 1.74. The molecule has 2 aromatic heterocycles. The monoisotopic (exact) mass is 289 g/mol. The van der Waals surface area contributed by atoms with Crippen molar-refractivity contribution in [2.24, 2.45) is 0 Å². The van der Waals surface area contributed by atoms with Gasteiger partial charge in [-0.25, -0.2) is 4.98 Å². The van der Waals surface area contributed by atoms with Gasteiger partial charge in [-0.2, -0.15) is 0 Å². The predicted molar refractivity (Wildman–Crippen MR) is 87.9 cm³/mol. The molecule has 2 aromatic carbocycles. The number of H-pyrrole nitrogens is 2. The quantitative estimate of drug-likeness (QED) is 0.593. The van der Waals surface area contributed by atoms with Crippen LogP contribution in [0.3, 0.4) is 0 Å². The van der Waals surface area contributed by atoms with Gasteiger partial charge in [0.2, 0.25) is 0 Å². The van der Waals surface area contributed by atoms with Gasteiger partial charge in [0.1, 0.15) is 11.6 Å². The summed E-state index contributed by atoms with van der Waals surface area (Å²) in [5.41, 5.74) is 4.26. The first-order valence-corrected chi connectivity index (χ1v) is 7.11. The third-order valence-corrected chi connectivity index (χ3v) is 3.82. The zero-order valence-corrected chi connectivity index (χ0v) is 12.1. The van der Waals surface area contributed by atoms with Crippen LogP contribution in [0.2, 0.25) is 0 Å². The highest BCUT2D eigenvalue weighted by Gasteiger charge is 2.10. The van der Waals surface area contributed by atoms with Gasteiger partial charge in [-0.3, -0.25) is 0 Å². The fourth-order valence-corrected chi connectivity index (χ4v) is 2.64. The van der Waals surface area contributed by atoms with E-state index in [1.54, 1.807) is 7.11 Å². The number of hydrogen-bond donors (Lipinski definition) is 2. The second kappa shape index (κ2) is 5.07. The average molecular weight is 289 g/mol. The number of aromatic amines is 2. The van der Waals surface area contributed by atoms with Crippen molar-refractivity contribution in [1.82, 2.24) is 15.0 Å². The van der Waals surface area contributed by atoms with E-state index in [0.717, 1.165) is 39.3 Å². The number of hydrogen-bond acceptors (Lipinski definition) is 2. The maximum Gasteiger partial charge on any atom is 0.139 e. The topological polar surface area (TPSA) is 53.7 Å². The van der Waals surface area contributed by atoms with E-state index >= 15 is 0 Å². The molecule has 0 unspecified atom stereocenters. The summed E-state index contributed by atoms with van der Waals surface area (Å²) in [6.45, 7) is 0. The Morgan fingerprint density at radius 3 is 2.64 bits per heavy atom. The van der Waals surface area contributed by atoms with Gasteiger partial charge in [-0.15, -0.1) is 0 Å². The second-order valence-corrected chi connectivity index (χ2v) is 5.12. The normalized spacial score (nSPS) is 11.0. The Labute approximate surface area is 127 Å². The molecule has 4 rings (SSSR count). The summed E-state index contributed by atoms with van der Waals surface area (Å²) in [5, 5.41) is 1.16. The van der Waals surface area contributed by atoms with E-state index in [1.807, 2.05) is 48.8 Å². The van der Waals surface area contributed by atoms with E-state index in [4.69, 9.17) is 4.74 Å². The Morgan fingerprint density at radius 2 is 1.82 bits per heavy atom. The summed E-state index contributed by atoms with van der Waals surface area (Å²) in [7, 11) is 1.67. The Hall–Kier alpha value is -3.01. The minimum Gasteiger partial charge on any atom is -0.497 e. The number of fused-ring (bicyclic) bond motifs is 1. The summed E-state index contributed by atoms with van der Waals surface area (Å²) in [4.78, 5) is 11.2. The SMILES string of the molecule is COc1ccc(-c2cnc(-c3c[nH]c4ccccc34)[nH]2)cc1. The van der Waals surface area contributed by atoms with Crippen LogP contribution < -0.4 is 4.74 Å². The highest BCUT2D eigenvalue weighted by molar-refractivity contribution is 5.94. The third kappa shape index (κ3) is 2.05. The van der Waals surface area contributed by atoms with E-state index in [2.05, 4.69) is 27.1 Å². The first-order valence-electron chi connectivity index (χ1n) is 7.11. The first kappa shape index (κ1) is 12.7. The molecule has 0 aliphatic rings. The number of nitrogens with zero attached hydrogens (tertiary/aromatic N) is 1. The lowest BCUT2D eigenvalue weighted by Gasteiger charge is -2.01. The minimum atomic E-state index is 0.847. The maximum absolute atomic E-state index is 5.19. The van der Waals surface area contributed by atoms with E-state index in [9.17, 15) is 0 Å². The van der Waals surface area contributed by atoms with E-state index in [1.165, 1.54) is 0 Å². The minimum absolute atomic E-state index is 0.847. The summed E-state index contributed by atoms with van der Waals surface area (Å²) in [6.07, 6.45) is 3.85. The number of ether oxygens (including phenoxy) is 1. The van der Waals surface area contributed by atoms with Crippen molar-refractivity contribution in [2.75, 3.05) is 7.11 Å². The largest absolute Gasteiger partial charge is 0.497 e. The first-order chi connectivity index (χ1) is 10.8. The molecule has 2 heterocycles.